The summed E-state index contributed by atoms with van der Waals surface area (Å²) in [6, 6.07) is 5.11. The Balaban J connectivity index is 2.39. The van der Waals surface area contributed by atoms with E-state index in [0.717, 1.165) is 5.39 Å². The lowest BCUT2D eigenvalue weighted by Gasteiger charge is -1.96. The number of benzene rings is 1. The zero-order valence-corrected chi connectivity index (χ0v) is 8.96. The van der Waals surface area contributed by atoms with Crippen LogP contribution in [0.5, 0.6) is 0 Å². The van der Waals surface area contributed by atoms with E-state index in [0.29, 0.717) is 11.1 Å². The number of amides is 1. The number of carbonyl (C=O) groups excluding carboxylic acids is 1. The average Bonchev–Trinajstić information content (AvgIpc) is 2.68. The van der Waals surface area contributed by atoms with Crippen molar-refractivity contribution < 1.29 is 14.7 Å². The Bertz CT molecular complexity index is 589. The van der Waals surface area contributed by atoms with Gasteiger partial charge >= 0.3 is 5.97 Å². The van der Waals surface area contributed by atoms with Crippen LogP contribution >= 0.6 is 0 Å². The van der Waals surface area contributed by atoms with E-state index in [2.05, 4.69) is 5.10 Å². The summed E-state index contributed by atoms with van der Waals surface area (Å²) in [6.07, 6.45) is 1.69. The average molecular weight is 233 g/mol. The molecule has 0 atom stereocenters. The Kier molecular flexibility index (Phi) is 2.78. The molecule has 1 amide bonds. The van der Waals surface area contributed by atoms with Crippen molar-refractivity contribution in [3.05, 3.63) is 30.0 Å². The zero-order chi connectivity index (χ0) is 12.4. The maximum Gasteiger partial charge on any atom is 0.305 e. The molecule has 0 saturated heterocycles. The number of aromatic nitrogens is 2. The molecule has 0 unspecified atom stereocenters. The molecule has 0 aliphatic rings. The van der Waals surface area contributed by atoms with Crippen LogP contribution in [0, 0.1) is 0 Å². The van der Waals surface area contributed by atoms with Crippen molar-refractivity contribution in [3.8, 4) is 0 Å². The molecule has 1 heterocycles. The minimum atomic E-state index is -0.889. The van der Waals surface area contributed by atoms with E-state index in [-0.39, 0.29) is 13.0 Å². The summed E-state index contributed by atoms with van der Waals surface area (Å²) in [5, 5.41) is 13.5. The Labute approximate surface area is 96.6 Å². The first-order chi connectivity index (χ1) is 8.08. The van der Waals surface area contributed by atoms with Crippen LogP contribution in [-0.4, -0.2) is 26.8 Å². The first-order valence-corrected chi connectivity index (χ1v) is 5.05. The maximum atomic E-state index is 11.2. The summed E-state index contributed by atoms with van der Waals surface area (Å²) >= 11 is 0. The molecule has 6 heteroatoms. The maximum absolute atomic E-state index is 11.2. The fourth-order valence-corrected chi connectivity index (χ4v) is 1.62. The molecule has 2 aromatic rings. The zero-order valence-electron chi connectivity index (χ0n) is 8.96. The molecular weight excluding hydrogens is 222 g/mol. The molecule has 88 valence electrons. The first-order valence-electron chi connectivity index (χ1n) is 5.05. The lowest BCUT2D eigenvalue weighted by Crippen LogP contribution is -2.11. The highest BCUT2D eigenvalue weighted by Gasteiger charge is 2.10. The van der Waals surface area contributed by atoms with Gasteiger partial charge in [-0.05, 0) is 6.07 Å². The van der Waals surface area contributed by atoms with Crippen molar-refractivity contribution in [2.75, 3.05) is 0 Å². The van der Waals surface area contributed by atoms with E-state index in [1.54, 1.807) is 24.4 Å². The van der Waals surface area contributed by atoms with E-state index in [9.17, 15) is 9.59 Å². The fraction of sp³-hybridized carbons (Fsp3) is 0.182. The van der Waals surface area contributed by atoms with Crippen molar-refractivity contribution in [1.82, 2.24) is 9.78 Å². The van der Waals surface area contributed by atoms with Gasteiger partial charge in [0.05, 0.1) is 18.5 Å². The van der Waals surface area contributed by atoms with Crippen LogP contribution in [0.1, 0.15) is 16.8 Å². The second-order valence-corrected chi connectivity index (χ2v) is 3.64. The molecule has 0 saturated carbocycles. The smallest absolute Gasteiger partial charge is 0.305 e. The van der Waals surface area contributed by atoms with Gasteiger partial charge in [-0.2, -0.15) is 5.10 Å². The number of hydrogen-bond donors (Lipinski definition) is 2. The number of nitrogens with two attached hydrogens (primary N) is 1. The first kappa shape index (κ1) is 11.1. The van der Waals surface area contributed by atoms with Crippen LogP contribution in [0.25, 0.3) is 10.9 Å². The van der Waals surface area contributed by atoms with Gasteiger partial charge in [-0.25, -0.2) is 0 Å². The third-order valence-electron chi connectivity index (χ3n) is 2.40. The lowest BCUT2D eigenvalue weighted by molar-refractivity contribution is -0.137. The number of aliphatic carboxylic acids is 1. The summed E-state index contributed by atoms with van der Waals surface area (Å²) < 4.78 is 1.51. The van der Waals surface area contributed by atoms with E-state index in [1.807, 2.05) is 0 Å². The molecule has 0 aliphatic heterocycles. The van der Waals surface area contributed by atoms with Gasteiger partial charge in [-0.3, -0.25) is 14.3 Å². The molecule has 1 aromatic heterocycles. The number of hydrogen-bond acceptors (Lipinski definition) is 3. The molecule has 6 nitrogen and oxygen atoms in total. The van der Waals surface area contributed by atoms with Crippen LogP contribution in [0.2, 0.25) is 0 Å². The highest BCUT2D eigenvalue weighted by atomic mass is 16.4. The molecule has 0 spiro atoms. The van der Waals surface area contributed by atoms with Crippen LogP contribution in [0.3, 0.4) is 0 Å². The number of carbonyl (C=O) groups is 2. The minimum absolute atomic E-state index is 0.0140. The second kappa shape index (κ2) is 4.25. The van der Waals surface area contributed by atoms with Crippen molar-refractivity contribution in [1.29, 1.82) is 0 Å². The molecule has 0 radical (unpaired) electrons. The largest absolute Gasteiger partial charge is 0.481 e. The molecule has 0 fully saturated rings. The predicted molar refractivity (Wildman–Crippen MR) is 60.5 cm³/mol. The van der Waals surface area contributed by atoms with Crippen molar-refractivity contribution in [2.24, 2.45) is 5.73 Å². The normalized spacial score (nSPS) is 10.6. The molecule has 2 rings (SSSR count). The highest BCUT2D eigenvalue weighted by Crippen LogP contribution is 2.16. The topological polar surface area (TPSA) is 98.2 Å². The number of carboxylic acids is 1. The van der Waals surface area contributed by atoms with Gasteiger partial charge in [-0.15, -0.1) is 0 Å². The van der Waals surface area contributed by atoms with Crippen LogP contribution < -0.4 is 5.73 Å². The summed E-state index contributed by atoms with van der Waals surface area (Å²) in [5.74, 6) is -1.43. The van der Waals surface area contributed by atoms with E-state index < -0.39 is 11.9 Å². The third-order valence-corrected chi connectivity index (χ3v) is 2.40. The lowest BCUT2D eigenvalue weighted by atomic mass is 10.1. The molecule has 0 aliphatic carbocycles. The number of carboxylic acid groups (broad SMARTS) is 1. The highest BCUT2D eigenvalue weighted by molar-refractivity contribution is 6.04. The monoisotopic (exact) mass is 233 g/mol. The van der Waals surface area contributed by atoms with Crippen LogP contribution in [0.4, 0.5) is 0 Å². The molecule has 0 bridgehead atoms. The summed E-state index contributed by atoms with van der Waals surface area (Å²) in [7, 11) is 0. The summed E-state index contributed by atoms with van der Waals surface area (Å²) in [5.41, 5.74) is 6.08. The van der Waals surface area contributed by atoms with Crippen LogP contribution in [0.15, 0.2) is 24.4 Å². The van der Waals surface area contributed by atoms with Gasteiger partial charge in [-0.1, -0.05) is 12.1 Å². The van der Waals surface area contributed by atoms with Gasteiger partial charge < -0.3 is 10.8 Å². The third kappa shape index (κ3) is 2.25. The minimum Gasteiger partial charge on any atom is -0.481 e. The molecule has 1 aromatic carbocycles. The standard InChI is InChI=1S/C11H11N3O3/c12-11(17)8-3-1-2-7-6-14(13-10(7)8)5-4-9(15)16/h1-3,6H,4-5H2,(H2,12,17)(H,15,16). The number of fused-ring (bicyclic) bond motifs is 1. The van der Waals surface area contributed by atoms with Crippen LogP contribution in [-0.2, 0) is 11.3 Å². The molecular formula is C11H11N3O3. The van der Waals surface area contributed by atoms with Gasteiger partial charge in [0, 0.05) is 11.6 Å². The Morgan fingerprint density at radius 1 is 1.41 bits per heavy atom. The Morgan fingerprint density at radius 3 is 2.82 bits per heavy atom. The summed E-state index contributed by atoms with van der Waals surface area (Å²) in [4.78, 5) is 21.6. The fourth-order valence-electron chi connectivity index (χ4n) is 1.62. The quantitative estimate of drug-likeness (QED) is 0.808. The second-order valence-electron chi connectivity index (χ2n) is 3.64. The van der Waals surface area contributed by atoms with Crippen molar-refractivity contribution in [2.45, 2.75) is 13.0 Å². The van der Waals surface area contributed by atoms with Crippen molar-refractivity contribution >= 4 is 22.8 Å². The van der Waals surface area contributed by atoms with Gasteiger partial charge in [0.2, 0.25) is 0 Å². The number of aryl methyl sites for hydroxylation is 1. The summed E-state index contributed by atoms with van der Waals surface area (Å²) in [6.45, 7) is 0.266. The molecule has 17 heavy (non-hydrogen) atoms. The molecule has 3 N–H and O–H groups in total. The van der Waals surface area contributed by atoms with Gasteiger partial charge in [0.25, 0.3) is 5.91 Å². The van der Waals surface area contributed by atoms with Gasteiger partial charge in [0.1, 0.15) is 5.52 Å². The van der Waals surface area contributed by atoms with E-state index in [4.69, 9.17) is 10.8 Å². The Hall–Kier alpha value is -2.37. The number of nitrogens with zero attached hydrogens (tertiary/aromatic N) is 2. The Morgan fingerprint density at radius 2 is 2.18 bits per heavy atom. The van der Waals surface area contributed by atoms with E-state index >= 15 is 0 Å². The van der Waals surface area contributed by atoms with Gasteiger partial charge in [0.15, 0.2) is 0 Å². The van der Waals surface area contributed by atoms with E-state index in [1.165, 1.54) is 4.68 Å². The SMILES string of the molecule is NC(=O)c1cccc2cn(CCC(=O)O)nc12. The van der Waals surface area contributed by atoms with Crippen molar-refractivity contribution in [3.63, 3.8) is 0 Å². The predicted octanol–water partition coefficient (Wildman–Crippen LogP) is 0.610. The number of rotatable bonds is 4. The number of primary amides is 1.